The first-order valence-electron chi connectivity index (χ1n) is 4.75. The normalized spacial score (nSPS) is 22.9. The molecule has 1 fully saturated rings. The van der Waals surface area contributed by atoms with Gasteiger partial charge in [-0.2, -0.15) is 11.8 Å². The third-order valence-electron chi connectivity index (χ3n) is 1.95. The topological polar surface area (TPSA) is 32.3 Å². The van der Waals surface area contributed by atoms with E-state index in [1.165, 1.54) is 0 Å². The summed E-state index contributed by atoms with van der Waals surface area (Å²) >= 11 is 1.85. The molecule has 1 rings (SSSR count). The first-order valence-corrected chi connectivity index (χ1v) is 5.90. The standard InChI is InChI=1S/C7H14N2OS.C2H6/c1-8-7(10)6-5-11-4-3-9(6)2;1-2/h6H,3-5H2,1-2H3,(H,8,10);1-2H3. The number of hydrogen-bond acceptors (Lipinski definition) is 3. The molecule has 0 spiro atoms. The van der Waals surface area contributed by atoms with Crippen LogP contribution in [0.5, 0.6) is 0 Å². The van der Waals surface area contributed by atoms with Crippen LogP contribution in [0.4, 0.5) is 0 Å². The number of carbonyl (C=O) groups is 1. The fraction of sp³-hybridized carbons (Fsp3) is 0.889. The summed E-state index contributed by atoms with van der Waals surface area (Å²) in [6.07, 6.45) is 0. The summed E-state index contributed by atoms with van der Waals surface area (Å²) in [5, 5.41) is 2.67. The molecule has 1 aliphatic heterocycles. The van der Waals surface area contributed by atoms with Gasteiger partial charge in [0.1, 0.15) is 0 Å². The molecular formula is C9H20N2OS. The van der Waals surface area contributed by atoms with Crippen LogP contribution in [0.3, 0.4) is 0 Å². The summed E-state index contributed by atoms with van der Waals surface area (Å²) < 4.78 is 0. The summed E-state index contributed by atoms with van der Waals surface area (Å²) in [6, 6.07) is 0.0822. The number of hydrogen-bond donors (Lipinski definition) is 1. The van der Waals surface area contributed by atoms with Crippen LogP contribution in [0.1, 0.15) is 13.8 Å². The number of rotatable bonds is 1. The lowest BCUT2D eigenvalue weighted by atomic mass is 10.3. The van der Waals surface area contributed by atoms with Gasteiger partial charge in [-0.3, -0.25) is 9.69 Å². The molecule has 78 valence electrons. The molecule has 1 N–H and O–H groups in total. The Morgan fingerprint density at radius 2 is 2.15 bits per heavy atom. The molecule has 0 bridgehead atoms. The van der Waals surface area contributed by atoms with Gasteiger partial charge in [-0.1, -0.05) is 13.8 Å². The van der Waals surface area contributed by atoms with E-state index < -0.39 is 0 Å². The first-order chi connectivity index (χ1) is 6.25. The third kappa shape index (κ3) is 4.00. The molecule has 0 aromatic rings. The maximum Gasteiger partial charge on any atom is 0.237 e. The summed E-state index contributed by atoms with van der Waals surface area (Å²) in [5.41, 5.74) is 0. The third-order valence-corrected chi connectivity index (χ3v) is 2.97. The predicted octanol–water partition coefficient (Wildman–Crippen LogP) is 0.806. The van der Waals surface area contributed by atoms with Crippen molar-refractivity contribution in [3.8, 4) is 0 Å². The number of carbonyl (C=O) groups excluding carboxylic acids is 1. The van der Waals surface area contributed by atoms with Crippen LogP contribution in [0.2, 0.25) is 0 Å². The smallest absolute Gasteiger partial charge is 0.237 e. The van der Waals surface area contributed by atoms with E-state index in [4.69, 9.17) is 0 Å². The monoisotopic (exact) mass is 204 g/mol. The van der Waals surface area contributed by atoms with Crippen molar-refractivity contribution in [2.75, 3.05) is 32.1 Å². The van der Waals surface area contributed by atoms with E-state index in [1.54, 1.807) is 7.05 Å². The molecule has 1 aliphatic rings. The van der Waals surface area contributed by atoms with Crippen LogP contribution in [0.15, 0.2) is 0 Å². The predicted molar refractivity (Wildman–Crippen MR) is 59.2 cm³/mol. The second-order valence-corrected chi connectivity index (χ2v) is 3.84. The van der Waals surface area contributed by atoms with E-state index in [0.29, 0.717) is 0 Å². The van der Waals surface area contributed by atoms with E-state index in [1.807, 2.05) is 32.7 Å². The zero-order chi connectivity index (χ0) is 10.3. The second-order valence-electron chi connectivity index (χ2n) is 2.69. The molecule has 1 saturated heterocycles. The Balaban J connectivity index is 0.000000671. The van der Waals surface area contributed by atoms with Crippen LogP contribution in [0.25, 0.3) is 0 Å². The minimum Gasteiger partial charge on any atom is -0.358 e. The van der Waals surface area contributed by atoms with Gasteiger partial charge >= 0.3 is 0 Å². The summed E-state index contributed by atoms with van der Waals surface area (Å²) in [7, 11) is 3.69. The Labute approximate surface area is 85.3 Å². The zero-order valence-electron chi connectivity index (χ0n) is 8.96. The molecule has 1 atom stereocenters. The molecule has 1 heterocycles. The molecular weight excluding hydrogens is 184 g/mol. The maximum atomic E-state index is 11.2. The Kier molecular flexibility index (Phi) is 7.09. The van der Waals surface area contributed by atoms with Crippen molar-refractivity contribution in [3.05, 3.63) is 0 Å². The molecule has 0 aliphatic carbocycles. The van der Waals surface area contributed by atoms with Crippen molar-refractivity contribution in [2.45, 2.75) is 19.9 Å². The van der Waals surface area contributed by atoms with Gasteiger partial charge in [0, 0.05) is 25.1 Å². The fourth-order valence-corrected chi connectivity index (χ4v) is 2.34. The Morgan fingerprint density at radius 3 is 2.62 bits per heavy atom. The van der Waals surface area contributed by atoms with Crippen LogP contribution in [-0.2, 0) is 4.79 Å². The molecule has 3 nitrogen and oxygen atoms in total. The molecule has 0 aromatic carbocycles. The maximum absolute atomic E-state index is 11.2. The van der Waals surface area contributed by atoms with Crippen LogP contribution in [-0.4, -0.2) is 49.0 Å². The van der Waals surface area contributed by atoms with Crippen molar-refractivity contribution >= 4 is 17.7 Å². The van der Waals surface area contributed by atoms with E-state index >= 15 is 0 Å². The molecule has 4 heteroatoms. The van der Waals surface area contributed by atoms with E-state index in [-0.39, 0.29) is 11.9 Å². The van der Waals surface area contributed by atoms with Gasteiger partial charge in [0.05, 0.1) is 6.04 Å². The molecule has 0 saturated carbocycles. The number of thioether (sulfide) groups is 1. The molecule has 0 aromatic heterocycles. The Morgan fingerprint density at radius 1 is 1.54 bits per heavy atom. The quantitative estimate of drug-likeness (QED) is 0.686. The largest absolute Gasteiger partial charge is 0.358 e. The van der Waals surface area contributed by atoms with Crippen LogP contribution >= 0.6 is 11.8 Å². The highest BCUT2D eigenvalue weighted by Crippen LogP contribution is 2.14. The number of likely N-dealkylation sites (N-methyl/N-ethyl adjacent to an activating group) is 2. The lowest BCUT2D eigenvalue weighted by Gasteiger charge is -2.30. The van der Waals surface area contributed by atoms with E-state index in [2.05, 4.69) is 10.2 Å². The van der Waals surface area contributed by atoms with Gasteiger partial charge in [0.2, 0.25) is 5.91 Å². The van der Waals surface area contributed by atoms with Crippen LogP contribution in [0, 0.1) is 0 Å². The summed E-state index contributed by atoms with van der Waals surface area (Å²) in [4.78, 5) is 13.3. The van der Waals surface area contributed by atoms with E-state index in [0.717, 1.165) is 18.1 Å². The van der Waals surface area contributed by atoms with Gasteiger partial charge in [0.15, 0.2) is 0 Å². The van der Waals surface area contributed by atoms with E-state index in [9.17, 15) is 4.79 Å². The Hall–Kier alpha value is -0.220. The fourth-order valence-electron chi connectivity index (χ4n) is 1.13. The average molecular weight is 204 g/mol. The van der Waals surface area contributed by atoms with Gasteiger partial charge < -0.3 is 5.32 Å². The highest BCUT2D eigenvalue weighted by Gasteiger charge is 2.24. The minimum atomic E-state index is 0.0822. The van der Waals surface area contributed by atoms with Crippen molar-refractivity contribution in [2.24, 2.45) is 0 Å². The molecule has 13 heavy (non-hydrogen) atoms. The molecule has 1 unspecified atom stereocenters. The van der Waals surface area contributed by atoms with Crippen molar-refractivity contribution in [3.63, 3.8) is 0 Å². The van der Waals surface area contributed by atoms with Crippen molar-refractivity contribution < 1.29 is 4.79 Å². The van der Waals surface area contributed by atoms with Gasteiger partial charge in [-0.25, -0.2) is 0 Å². The molecule has 0 radical (unpaired) electrons. The van der Waals surface area contributed by atoms with Crippen molar-refractivity contribution in [1.29, 1.82) is 0 Å². The van der Waals surface area contributed by atoms with Gasteiger partial charge in [-0.05, 0) is 7.05 Å². The lowest BCUT2D eigenvalue weighted by molar-refractivity contribution is -0.124. The number of nitrogens with zero attached hydrogens (tertiary/aromatic N) is 1. The van der Waals surface area contributed by atoms with Gasteiger partial charge in [-0.15, -0.1) is 0 Å². The average Bonchev–Trinajstić information content (AvgIpc) is 2.20. The van der Waals surface area contributed by atoms with Gasteiger partial charge in [0.25, 0.3) is 0 Å². The highest BCUT2D eigenvalue weighted by atomic mass is 32.2. The minimum absolute atomic E-state index is 0.0822. The van der Waals surface area contributed by atoms with Crippen molar-refractivity contribution in [1.82, 2.24) is 10.2 Å². The Bertz CT molecular complexity index is 153. The number of nitrogens with one attached hydrogen (secondary N) is 1. The highest BCUT2D eigenvalue weighted by molar-refractivity contribution is 7.99. The summed E-state index contributed by atoms with van der Waals surface area (Å²) in [6.45, 7) is 5.02. The number of amides is 1. The summed E-state index contributed by atoms with van der Waals surface area (Å²) in [5.74, 6) is 2.21. The first kappa shape index (κ1) is 12.8. The molecule has 1 amide bonds. The SMILES string of the molecule is CC.CNC(=O)C1CSCCN1C. The zero-order valence-corrected chi connectivity index (χ0v) is 9.78. The second kappa shape index (κ2) is 7.21. The lowest BCUT2D eigenvalue weighted by Crippen LogP contribution is -2.48. The van der Waals surface area contributed by atoms with Crippen LogP contribution < -0.4 is 5.32 Å².